The van der Waals surface area contributed by atoms with Gasteiger partial charge in [0, 0.05) is 5.56 Å². The number of methoxy groups -OCH3 is 1. The van der Waals surface area contributed by atoms with Crippen LogP contribution in [0.3, 0.4) is 0 Å². The number of carbonyl (C=O) groups excluding carboxylic acids is 1. The van der Waals surface area contributed by atoms with Gasteiger partial charge in [-0.1, -0.05) is 12.1 Å². The number of esters is 1. The van der Waals surface area contributed by atoms with Gasteiger partial charge in [-0.05, 0) is 12.5 Å². The lowest BCUT2D eigenvalue weighted by molar-refractivity contribution is 0.0591. The molecule has 27 heavy (non-hydrogen) atoms. The Kier molecular flexibility index (Phi) is 8.51. The van der Waals surface area contributed by atoms with E-state index in [1.807, 2.05) is 0 Å². The molecule has 0 bridgehead atoms. The van der Waals surface area contributed by atoms with Crippen LogP contribution in [0.4, 0.5) is 13.2 Å². The molecule has 13 heteroatoms. The third-order valence-electron chi connectivity index (χ3n) is 3.23. The number of ether oxygens (including phenoxy) is 1. The quantitative estimate of drug-likeness (QED) is 0.429. The van der Waals surface area contributed by atoms with Gasteiger partial charge in [0.05, 0.1) is 30.7 Å². The van der Waals surface area contributed by atoms with E-state index in [4.69, 9.17) is 11.6 Å². The van der Waals surface area contributed by atoms with Crippen LogP contribution in [-0.2, 0) is 24.8 Å². The maximum Gasteiger partial charge on any atom is 0.341 e. The molecule has 0 saturated carbocycles. The van der Waals surface area contributed by atoms with Gasteiger partial charge in [0.15, 0.2) is 0 Å². The van der Waals surface area contributed by atoms with Crippen LogP contribution in [0.15, 0.2) is 18.2 Å². The van der Waals surface area contributed by atoms with Gasteiger partial charge in [0.1, 0.15) is 17.6 Å². The van der Waals surface area contributed by atoms with Crippen molar-refractivity contribution in [3.05, 3.63) is 35.1 Å². The number of benzene rings is 1. The molecule has 0 aliphatic carbocycles. The van der Waals surface area contributed by atoms with Crippen molar-refractivity contribution in [2.75, 3.05) is 25.3 Å². The van der Waals surface area contributed by atoms with Crippen LogP contribution in [-0.4, -0.2) is 53.5 Å². The normalized spacial score (nSPS) is 14.6. The minimum atomic E-state index is -4.61. The van der Waals surface area contributed by atoms with Crippen molar-refractivity contribution >= 4 is 37.6 Å². The largest absolute Gasteiger partial charge is 0.465 e. The van der Waals surface area contributed by atoms with E-state index in [-0.39, 0.29) is 0 Å². The average molecular weight is 452 g/mol. The zero-order valence-corrected chi connectivity index (χ0v) is 16.4. The molecule has 7 nitrogen and oxygen atoms in total. The number of alkyl halides is 3. The predicted octanol–water partition coefficient (Wildman–Crippen LogP) is 1.84. The summed E-state index contributed by atoms with van der Waals surface area (Å²) < 4.78 is 93.1. The monoisotopic (exact) mass is 451 g/mol. The van der Waals surface area contributed by atoms with E-state index in [0.717, 1.165) is 25.3 Å². The highest BCUT2D eigenvalue weighted by molar-refractivity contribution is 8.04. The second kappa shape index (κ2) is 9.71. The van der Waals surface area contributed by atoms with Gasteiger partial charge in [-0.3, -0.25) is 4.39 Å². The lowest BCUT2D eigenvalue weighted by Gasteiger charge is -2.18. The first-order valence-electron chi connectivity index (χ1n) is 7.39. The molecule has 1 aromatic carbocycles. The molecule has 0 spiro atoms. The molecule has 0 aromatic heterocycles. The molecule has 0 aliphatic rings. The van der Waals surface area contributed by atoms with Gasteiger partial charge in [0.25, 0.3) is 0 Å². The third kappa shape index (κ3) is 6.94. The van der Waals surface area contributed by atoms with E-state index in [2.05, 4.69) is 4.74 Å². The molecule has 0 saturated heterocycles. The highest BCUT2D eigenvalue weighted by Gasteiger charge is 2.32. The fourth-order valence-corrected chi connectivity index (χ4v) is 5.95. The number of rotatable bonds is 10. The van der Waals surface area contributed by atoms with Crippen LogP contribution in [0, 0.1) is 5.82 Å². The van der Waals surface area contributed by atoms with Gasteiger partial charge >= 0.3 is 5.97 Å². The third-order valence-corrected chi connectivity index (χ3v) is 7.44. The fraction of sp³-hybridized carbons (Fsp3) is 0.500. The molecule has 2 unspecified atom stereocenters. The zero-order chi connectivity index (χ0) is 20.8. The van der Waals surface area contributed by atoms with E-state index in [0.29, 0.717) is 0 Å². The minimum absolute atomic E-state index is 0.424. The Balaban J connectivity index is 3.02. The zero-order valence-electron chi connectivity index (χ0n) is 14.0. The highest BCUT2D eigenvalue weighted by atomic mass is 35.5. The average Bonchev–Trinajstić information content (AvgIpc) is 2.56. The lowest BCUT2D eigenvalue weighted by Crippen LogP contribution is -2.37. The smallest absolute Gasteiger partial charge is 0.341 e. The van der Waals surface area contributed by atoms with Crippen LogP contribution < -0.4 is 4.13 Å². The molecule has 2 atom stereocenters. The van der Waals surface area contributed by atoms with Crippen molar-refractivity contribution in [2.45, 2.75) is 18.0 Å². The van der Waals surface area contributed by atoms with E-state index in [9.17, 15) is 34.8 Å². The number of hydrogen-bond acceptors (Lipinski definition) is 6. The highest BCUT2D eigenvalue weighted by Crippen LogP contribution is 2.30. The van der Waals surface area contributed by atoms with Crippen molar-refractivity contribution in [3.8, 4) is 0 Å². The van der Waals surface area contributed by atoms with Crippen molar-refractivity contribution in [1.29, 1.82) is 0 Å². The van der Waals surface area contributed by atoms with Crippen LogP contribution >= 0.6 is 11.6 Å². The molecule has 1 aromatic rings. The Morgan fingerprint density at radius 2 is 1.89 bits per heavy atom. The van der Waals surface area contributed by atoms with Gasteiger partial charge < -0.3 is 4.74 Å². The molecule has 1 N–H and O–H groups in total. The standard InChI is InChI=1S/C14H17ClF3NO6S2/c1-25-14(20)12-9(4-2-5-11(12)17)13(18)10(15)8-27(23,24)19-26(21,22)7-3-6-16/h2,4-5,10,13,19H,3,6-8H2,1H3. The Morgan fingerprint density at radius 1 is 1.26 bits per heavy atom. The first-order valence-corrected chi connectivity index (χ1v) is 11.1. The summed E-state index contributed by atoms with van der Waals surface area (Å²) in [6.07, 6.45) is -2.76. The summed E-state index contributed by atoms with van der Waals surface area (Å²) in [6.45, 7) is -0.971. The maximum atomic E-state index is 14.6. The number of halogens is 4. The van der Waals surface area contributed by atoms with Gasteiger partial charge in [-0.15, -0.1) is 15.7 Å². The first kappa shape index (κ1) is 23.7. The summed E-state index contributed by atoms with van der Waals surface area (Å²) in [4.78, 5) is 11.6. The molecule has 0 heterocycles. The molecule has 0 radical (unpaired) electrons. The van der Waals surface area contributed by atoms with Crippen LogP contribution in [0.5, 0.6) is 0 Å². The SMILES string of the molecule is COC(=O)c1c(F)cccc1C(F)C(Cl)CS(=O)(=O)NS(=O)(=O)CCCF. The van der Waals surface area contributed by atoms with Crippen molar-refractivity contribution < 1.29 is 39.5 Å². The van der Waals surface area contributed by atoms with Gasteiger partial charge in [-0.2, -0.15) is 0 Å². The second-order valence-electron chi connectivity index (χ2n) is 5.34. The summed E-state index contributed by atoms with van der Waals surface area (Å²) in [5.74, 6) is -4.27. The molecule has 0 fully saturated rings. The van der Waals surface area contributed by atoms with E-state index in [1.165, 1.54) is 4.13 Å². The Hall–Kier alpha value is -1.37. The van der Waals surface area contributed by atoms with E-state index < -0.39 is 79.1 Å². The molecular weight excluding hydrogens is 435 g/mol. The van der Waals surface area contributed by atoms with Crippen molar-refractivity contribution in [3.63, 3.8) is 0 Å². The predicted molar refractivity (Wildman–Crippen MR) is 92.5 cm³/mol. The second-order valence-corrected chi connectivity index (χ2v) is 9.77. The summed E-state index contributed by atoms with van der Waals surface area (Å²) in [5.41, 5.74) is -1.29. The molecule has 0 aliphatic heterocycles. The van der Waals surface area contributed by atoms with Crippen molar-refractivity contribution in [1.82, 2.24) is 4.13 Å². The molecular formula is C14H17ClF3NO6S2. The Morgan fingerprint density at radius 3 is 2.44 bits per heavy atom. The summed E-state index contributed by atoms with van der Waals surface area (Å²) in [6, 6.07) is 2.98. The van der Waals surface area contributed by atoms with Crippen LogP contribution in [0.25, 0.3) is 0 Å². The number of carbonyl (C=O) groups is 1. The lowest BCUT2D eigenvalue weighted by atomic mass is 10.0. The number of sulfonamides is 2. The van der Waals surface area contributed by atoms with Crippen LogP contribution in [0.1, 0.15) is 28.5 Å². The van der Waals surface area contributed by atoms with Gasteiger partial charge in [0.2, 0.25) is 20.0 Å². The fourth-order valence-electron chi connectivity index (χ4n) is 2.09. The Bertz CT molecular complexity index is 879. The Labute approximate surface area is 159 Å². The molecule has 0 amide bonds. The van der Waals surface area contributed by atoms with E-state index >= 15 is 0 Å². The number of nitrogens with one attached hydrogen (secondary N) is 1. The van der Waals surface area contributed by atoms with Crippen LogP contribution in [0.2, 0.25) is 0 Å². The maximum absolute atomic E-state index is 14.6. The number of hydrogen-bond donors (Lipinski definition) is 1. The summed E-state index contributed by atoms with van der Waals surface area (Å²) >= 11 is 5.73. The van der Waals surface area contributed by atoms with Crippen molar-refractivity contribution in [2.24, 2.45) is 0 Å². The topological polar surface area (TPSA) is 107 Å². The summed E-state index contributed by atoms with van der Waals surface area (Å²) in [5, 5.41) is -1.86. The molecule has 1 rings (SSSR count). The first-order chi connectivity index (χ1) is 12.4. The summed E-state index contributed by atoms with van der Waals surface area (Å²) in [7, 11) is -8.03. The minimum Gasteiger partial charge on any atom is -0.465 e. The van der Waals surface area contributed by atoms with E-state index in [1.54, 1.807) is 0 Å². The van der Waals surface area contributed by atoms with Gasteiger partial charge in [-0.25, -0.2) is 30.4 Å². The molecule has 154 valence electrons.